The minimum absolute atomic E-state index is 0. The molecule has 5 nitrogen and oxygen atoms in total. The van der Waals surface area contributed by atoms with E-state index in [0.29, 0.717) is 6.61 Å². The zero-order valence-electron chi connectivity index (χ0n) is 18.9. The average molecular weight is 537 g/mol. The smallest absolute Gasteiger partial charge is 0.191 e. The number of hydrogen-bond donors (Lipinski definition) is 2. The van der Waals surface area contributed by atoms with Gasteiger partial charge in [0.05, 0.1) is 6.61 Å². The van der Waals surface area contributed by atoms with Gasteiger partial charge in [0, 0.05) is 33.3 Å². The van der Waals surface area contributed by atoms with Gasteiger partial charge in [-0.2, -0.15) is 0 Å². The van der Waals surface area contributed by atoms with Crippen LogP contribution in [0.3, 0.4) is 0 Å². The van der Waals surface area contributed by atoms with E-state index in [0.717, 1.165) is 38.6 Å². The summed E-state index contributed by atoms with van der Waals surface area (Å²) in [5, 5.41) is 6.84. The number of benzene rings is 2. The van der Waals surface area contributed by atoms with Gasteiger partial charge in [-0.3, -0.25) is 9.89 Å². The molecule has 2 aromatic carbocycles. The zero-order chi connectivity index (χ0) is 21.0. The largest absolute Gasteiger partial charge is 0.377 e. The SMILES string of the molecule is CCCOCc1ccccc1CNC(=NC)NCc1ccc(CN2CCCC2)cc1.I. The van der Waals surface area contributed by atoms with Gasteiger partial charge in [-0.25, -0.2) is 0 Å². The summed E-state index contributed by atoms with van der Waals surface area (Å²) in [5.41, 5.74) is 5.12. The predicted octanol–water partition coefficient (Wildman–Crippen LogP) is 4.69. The van der Waals surface area contributed by atoms with Crippen molar-refractivity contribution in [2.24, 2.45) is 4.99 Å². The highest BCUT2D eigenvalue weighted by Crippen LogP contribution is 2.13. The first kappa shape index (κ1) is 25.6. The standard InChI is InChI=1S/C25H36N4O.HI/c1-3-16-30-20-24-9-5-4-8-23(24)18-28-25(26-2)27-17-21-10-12-22(13-11-21)19-29-14-6-7-15-29;/h4-5,8-13H,3,6-7,14-20H2,1-2H3,(H2,26,27,28);1H. The van der Waals surface area contributed by atoms with Gasteiger partial charge in [-0.1, -0.05) is 55.5 Å². The number of ether oxygens (including phenoxy) is 1. The summed E-state index contributed by atoms with van der Waals surface area (Å²) in [6, 6.07) is 17.3. The van der Waals surface area contributed by atoms with Gasteiger partial charge < -0.3 is 15.4 Å². The third-order valence-electron chi connectivity index (χ3n) is 5.48. The molecule has 0 saturated carbocycles. The Morgan fingerprint density at radius 2 is 1.58 bits per heavy atom. The number of hydrogen-bond acceptors (Lipinski definition) is 3. The van der Waals surface area contributed by atoms with E-state index in [1.807, 2.05) is 7.05 Å². The van der Waals surface area contributed by atoms with E-state index in [4.69, 9.17) is 4.74 Å². The van der Waals surface area contributed by atoms with Crippen LogP contribution in [0.5, 0.6) is 0 Å². The molecule has 3 rings (SSSR count). The number of nitrogens with zero attached hydrogens (tertiary/aromatic N) is 2. The highest BCUT2D eigenvalue weighted by Gasteiger charge is 2.11. The lowest BCUT2D eigenvalue weighted by atomic mass is 10.1. The van der Waals surface area contributed by atoms with Crippen LogP contribution >= 0.6 is 24.0 Å². The maximum absolute atomic E-state index is 5.72. The molecule has 0 atom stereocenters. The van der Waals surface area contributed by atoms with Crippen LogP contribution in [-0.2, 0) is 31.0 Å². The lowest BCUT2D eigenvalue weighted by molar-refractivity contribution is 0.121. The fourth-order valence-corrected chi connectivity index (χ4v) is 3.74. The van der Waals surface area contributed by atoms with Crippen molar-refractivity contribution in [1.29, 1.82) is 0 Å². The van der Waals surface area contributed by atoms with Crippen LogP contribution in [0, 0.1) is 0 Å². The van der Waals surface area contributed by atoms with Crippen molar-refractivity contribution in [3.63, 3.8) is 0 Å². The fraction of sp³-hybridized carbons (Fsp3) is 0.480. The number of aliphatic imine (C=N–C) groups is 1. The molecule has 1 fully saturated rings. The highest BCUT2D eigenvalue weighted by atomic mass is 127. The van der Waals surface area contributed by atoms with E-state index in [9.17, 15) is 0 Å². The molecule has 31 heavy (non-hydrogen) atoms. The second-order valence-electron chi connectivity index (χ2n) is 7.90. The van der Waals surface area contributed by atoms with Gasteiger partial charge in [0.1, 0.15) is 0 Å². The third-order valence-corrected chi connectivity index (χ3v) is 5.48. The summed E-state index contributed by atoms with van der Waals surface area (Å²) >= 11 is 0. The van der Waals surface area contributed by atoms with Crippen molar-refractivity contribution < 1.29 is 4.74 Å². The molecule has 2 aromatic rings. The molecule has 1 heterocycles. The first-order valence-electron chi connectivity index (χ1n) is 11.2. The maximum atomic E-state index is 5.72. The number of nitrogens with one attached hydrogen (secondary N) is 2. The Morgan fingerprint density at radius 3 is 2.26 bits per heavy atom. The summed E-state index contributed by atoms with van der Waals surface area (Å²) in [5.74, 6) is 0.806. The lowest BCUT2D eigenvalue weighted by Crippen LogP contribution is -2.36. The first-order valence-corrected chi connectivity index (χ1v) is 11.2. The van der Waals surface area contributed by atoms with Gasteiger partial charge in [0.15, 0.2) is 5.96 Å². The van der Waals surface area contributed by atoms with Gasteiger partial charge >= 0.3 is 0 Å². The van der Waals surface area contributed by atoms with Crippen molar-refractivity contribution in [2.45, 2.75) is 52.4 Å². The third kappa shape index (κ3) is 8.79. The van der Waals surface area contributed by atoms with Crippen LogP contribution in [-0.4, -0.2) is 37.6 Å². The van der Waals surface area contributed by atoms with Crippen molar-refractivity contribution in [3.05, 3.63) is 70.8 Å². The summed E-state index contributed by atoms with van der Waals surface area (Å²) < 4.78 is 5.72. The van der Waals surface area contributed by atoms with Crippen LogP contribution in [0.4, 0.5) is 0 Å². The molecule has 0 radical (unpaired) electrons. The minimum Gasteiger partial charge on any atom is -0.377 e. The Labute approximate surface area is 204 Å². The molecule has 0 aromatic heterocycles. The fourth-order valence-electron chi connectivity index (χ4n) is 3.74. The second-order valence-corrected chi connectivity index (χ2v) is 7.90. The molecular formula is C25H37IN4O. The van der Waals surface area contributed by atoms with Crippen molar-refractivity contribution in [2.75, 3.05) is 26.7 Å². The summed E-state index contributed by atoms with van der Waals surface area (Å²) in [4.78, 5) is 6.90. The molecule has 0 unspecified atom stereocenters. The topological polar surface area (TPSA) is 48.9 Å². The van der Waals surface area contributed by atoms with Crippen LogP contribution in [0.1, 0.15) is 48.4 Å². The molecule has 0 amide bonds. The maximum Gasteiger partial charge on any atom is 0.191 e. The lowest BCUT2D eigenvalue weighted by Gasteiger charge is -2.16. The summed E-state index contributed by atoms with van der Waals surface area (Å²) in [6.45, 7) is 8.59. The van der Waals surface area contributed by atoms with Gasteiger partial charge in [-0.05, 0) is 54.6 Å². The average Bonchev–Trinajstić information content (AvgIpc) is 3.29. The molecule has 1 aliphatic rings. The van der Waals surface area contributed by atoms with Crippen LogP contribution < -0.4 is 10.6 Å². The molecule has 0 bridgehead atoms. The summed E-state index contributed by atoms with van der Waals surface area (Å²) in [7, 11) is 1.81. The van der Waals surface area contributed by atoms with E-state index < -0.39 is 0 Å². The van der Waals surface area contributed by atoms with Crippen molar-refractivity contribution in [1.82, 2.24) is 15.5 Å². The first-order chi connectivity index (χ1) is 14.8. The Bertz CT molecular complexity index is 788. The van der Waals surface area contributed by atoms with Crippen molar-refractivity contribution >= 4 is 29.9 Å². The predicted molar refractivity (Wildman–Crippen MR) is 140 cm³/mol. The van der Waals surface area contributed by atoms with E-state index in [2.05, 4.69) is 76.0 Å². The Balaban J connectivity index is 0.00000341. The minimum atomic E-state index is 0. The van der Waals surface area contributed by atoms with Crippen LogP contribution in [0.25, 0.3) is 0 Å². The number of rotatable bonds is 10. The Kier molecular flexibility index (Phi) is 11.9. The molecule has 1 saturated heterocycles. The molecule has 170 valence electrons. The van der Waals surface area contributed by atoms with E-state index >= 15 is 0 Å². The molecular weight excluding hydrogens is 499 g/mol. The van der Waals surface area contributed by atoms with Crippen molar-refractivity contribution in [3.8, 4) is 0 Å². The van der Waals surface area contributed by atoms with Crippen LogP contribution in [0.2, 0.25) is 0 Å². The quantitative estimate of drug-likeness (QED) is 0.200. The molecule has 0 aliphatic carbocycles. The molecule has 2 N–H and O–H groups in total. The molecule has 1 aliphatic heterocycles. The summed E-state index contributed by atoms with van der Waals surface area (Å²) in [6.07, 6.45) is 3.71. The monoisotopic (exact) mass is 536 g/mol. The Hall–Kier alpha value is -1.64. The number of halogens is 1. The van der Waals surface area contributed by atoms with E-state index in [-0.39, 0.29) is 24.0 Å². The Morgan fingerprint density at radius 1 is 0.935 bits per heavy atom. The highest BCUT2D eigenvalue weighted by molar-refractivity contribution is 14.0. The number of likely N-dealkylation sites (tertiary alicyclic amines) is 1. The second kappa shape index (κ2) is 14.4. The number of guanidine groups is 1. The molecule has 0 spiro atoms. The van der Waals surface area contributed by atoms with Gasteiger partial charge in [-0.15, -0.1) is 24.0 Å². The normalized spacial score (nSPS) is 14.3. The van der Waals surface area contributed by atoms with E-state index in [1.54, 1.807) is 0 Å². The zero-order valence-corrected chi connectivity index (χ0v) is 21.2. The van der Waals surface area contributed by atoms with Crippen LogP contribution in [0.15, 0.2) is 53.5 Å². The van der Waals surface area contributed by atoms with Gasteiger partial charge in [0.25, 0.3) is 0 Å². The molecule has 6 heteroatoms. The van der Waals surface area contributed by atoms with Gasteiger partial charge in [0.2, 0.25) is 0 Å². The van der Waals surface area contributed by atoms with E-state index in [1.165, 1.54) is 48.2 Å².